The number of ether oxygens (including phenoxy) is 3. The molecule has 160 valence electrons. The second-order valence-electron chi connectivity index (χ2n) is 8.46. The average Bonchev–Trinajstić information content (AvgIpc) is 2.83. The van der Waals surface area contributed by atoms with Gasteiger partial charge in [-0.1, -0.05) is 55.3 Å². The number of esters is 1. The van der Waals surface area contributed by atoms with Crippen molar-refractivity contribution in [2.24, 2.45) is 5.41 Å². The summed E-state index contributed by atoms with van der Waals surface area (Å²) in [4.78, 5) is 12.9. The molecule has 0 aromatic heterocycles. The summed E-state index contributed by atoms with van der Waals surface area (Å²) in [5, 5.41) is 0.507. The number of allylic oxidation sites excluding steroid dienone is 1. The molecule has 0 aliphatic heterocycles. The lowest BCUT2D eigenvalue weighted by molar-refractivity contribution is -0.0829. The van der Waals surface area contributed by atoms with Crippen LogP contribution in [0, 0.1) is 5.41 Å². The second kappa shape index (κ2) is 9.67. The Morgan fingerprint density at radius 3 is 2.57 bits per heavy atom. The van der Waals surface area contributed by atoms with Gasteiger partial charge < -0.3 is 14.2 Å². The molecule has 0 amide bonds. The number of carbonyl (C=O) groups is 1. The summed E-state index contributed by atoms with van der Waals surface area (Å²) >= 11 is 6.05. The largest absolute Gasteiger partial charge is 0.497 e. The first-order valence-corrected chi connectivity index (χ1v) is 10.5. The molecule has 2 aromatic carbocycles. The molecule has 3 rings (SSSR count). The molecule has 0 fully saturated rings. The summed E-state index contributed by atoms with van der Waals surface area (Å²) in [5.74, 6) is 0.417. The predicted octanol–water partition coefficient (Wildman–Crippen LogP) is 6.23. The highest BCUT2D eigenvalue weighted by Crippen LogP contribution is 2.38. The van der Waals surface area contributed by atoms with Crippen molar-refractivity contribution in [3.63, 3.8) is 0 Å². The zero-order valence-corrected chi connectivity index (χ0v) is 18.7. The van der Waals surface area contributed by atoms with Gasteiger partial charge in [0.1, 0.15) is 18.0 Å². The van der Waals surface area contributed by atoms with Crippen LogP contribution in [0.3, 0.4) is 0 Å². The van der Waals surface area contributed by atoms with Crippen LogP contribution in [-0.2, 0) is 16.1 Å². The van der Waals surface area contributed by atoms with Crippen molar-refractivity contribution in [2.45, 2.75) is 52.4 Å². The lowest BCUT2D eigenvalue weighted by Crippen LogP contribution is -2.43. The summed E-state index contributed by atoms with van der Waals surface area (Å²) in [6.45, 7) is 6.76. The van der Waals surface area contributed by atoms with Crippen molar-refractivity contribution in [3.05, 3.63) is 76.3 Å². The van der Waals surface area contributed by atoms with Gasteiger partial charge in [0.25, 0.3) is 0 Å². The fourth-order valence-corrected chi connectivity index (χ4v) is 3.82. The van der Waals surface area contributed by atoms with Crippen molar-refractivity contribution < 1.29 is 19.0 Å². The Morgan fingerprint density at radius 2 is 1.90 bits per heavy atom. The fourth-order valence-electron chi connectivity index (χ4n) is 3.63. The lowest BCUT2D eigenvalue weighted by Gasteiger charge is -2.36. The summed E-state index contributed by atoms with van der Waals surface area (Å²) in [5.41, 5.74) is 2.47. The van der Waals surface area contributed by atoms with Crippen LogP contribution in [0.15, 0.2) is 60.2 Å². The standard InChI is InChI=1S/C25H29ClO4/c1-17-12-13-25(2,3)23(30-24(27)19-6-5-7-20(26)15-19)22(14-17)29-16-18-8-10-21(28-4)11-9-18/h5-11,14-15,22-23H,12-13,16H2,1-4H3. The van der Waals surface area contributed by atoms with Gasteiger partial charge in [-0.15, -0.1) is 0 Å². The van der Waals surface area contributed by atoms with E-state index in [0.29, 0.717) is 17.2 Å². The zero-order valence-electron chi connectivity index (χ0n) is 18.0. The summed E-state index contributed by atoms with van der Waals surface area (Å²) in [6, 6.07) is 14.6. The first-order chi connectivity index (χ1) is 14.3. The number of halogens is 1. The molecule has 2 atom stereocenters. The smallest absolute Gasteiger partial charge is 0.338 e. The molecule has 0 N–H and O–H groups in total. The number of methoxy groups -OCH3 is 1. The van der Waals surface area contributed by atoms with E-state index in [4.69, 9.17) is 25.8 Å². The molecule has 0 saturated heterocycles. The Hall–Kier alpha value is -2.30. The molecule has 4 nitrogen and oxygen atoms in total. The molecule has 2 unspecified atom stereocenters. The third kappa shape index (κ3) is 5.65. The molecule has 1 aliphatic rings. The average molecular weight is 429 g/mol. The molecule has 2 aromatic rings. The molecular formula is C25H29ClO4. The number of rotatable bonds is 6. The first-order valence-electron chi connectivity index (χ1n) is 10.2. The van der Waals surface area contributed by atoms with Gasteiger partial charge in [0.15, 0.2) is 0 Å². The van der Waals surface area contributed by atoms with E-state index in [2.05, 4.69) is 26.8 Å². The van der Waals surface area contributed by atoms with Gasteiger partial charge in [-0.05, 0) is 55.7 Å². The van der Waals surface area contributed by atoms with E-state index in [1.54, 1.807) is 31.4 Å². The second-order valence-corrected chi connectivity index (χ2v) is 8.90. The molecule has 1 aliphatic carbocycles. The minimum atomic E-state index is -0.417. The van der Waals surface area contributed by atoms with Crippen LogP contribution in [0.4, 0.5) is 0 Å². The third-order valence-corrected chi connectivity index (χ3v) is 5.81. The van der Waals surface area contributed by atoms with Gasteiger partial charge in [-0.3, -0.25) is 0 Å². The Balaban J connectivity index is 1.80. The van der Waals surface area contributed by atoms with E-state index in [-0.39, 0.29) is 17.5 Å². The number of benzene rings is 2. The van der Waals surface area contributed by atoms with Gasteiger partial charge in [0, 0.05) is 10.4 Å². The normalized spacial score (nSPS) is 20.8. The number of hydrogen-bond acceptors (Lipinski definition) is 4. The van der Waals surface area contributed by atoms with Gasteiger partial charge in [0.05, 0.1) is 19.3 Å². The molecule has 0 radical (unpaired) electrons. The minimum absolute atomic E-state index is 0.243. The Kier molecular flexibility index (Phi) is 7.22. The fraction of sp³-hybridized carbons (Fsp3) is 0.400. The van der Waals surface area contributed by atoms with Crippen LogP contribution in [0.5, 0.6) is 5.75 Å². The van der Waals surface area contributed by atoms with Crippen molar-refractivity contribution in [1.82, 2.24) is 0 Å². The predicted molar refractivity (Wildman–Crippen MR) is 119 cm³/mol. The van der Waals surface area contributed by atoms with Gasteiger partial charge in [0.2, 0.25) is 0 Å². The van der Waals surface area contributed by atoms with E-state index in [1.165, 1.54) is 5.57 Å². The zero-order chi connectivity index (χ0) is 21.7. The quantitative estimate of drug-likeness (QED) is 0.404. The van der Waals surface area contributed by atoms with Crippen LogP contribution in [0.25, 0.3) is 0 Å². The molecule has 0 saturated carbocycles. The topological polar surface area (TPSA) is 44.8 Å². The van der Waals surface area contributed by atoms with Crippen molar-refractivity contribution in [1.29, 1.82) is 0 Å². The van der Waals surface area contributed by atoms with Crippen molar-refractivity contribution in [2.75, 3.05) is 7.11 Å². The maximum absolute atomic E-state index is 12.9. The van der Waals surface area contributed by atoms with Gasteiger partial charge in [-0.25, -0.2) is 4.79 Å². The van der Waals surface area contributed by atoms with Crippen LogP contribution >= 0.6 is 11.6 Å². The monoisotopic (exact) mass is 428 g/mol. The first kappa shape index (κ1) is 22.4. The molecule has 0 bridgehead atoms. The molecule has 30 heavy (non-hydrogen) atoms. The molecule has 5 heteroatoms. The van der Waals surface area contributed by atoms with E-state index >= 15 is 0 Å². The SMILES string of the molecule is COc1ccc(COC2C=C(C)CCC(C)(C)C2OC(=O)c2cccc(Cl)c2)cc1. The summed E-state index contributed by atoms with van der Waals surface area (Å²) in [7, 11) is 1.64. The van der Waals surface area contributed by atoms with Crippen LogP contribution in [-0.4, -0.2) is 25.3 Å². The molecule has 0 spiro atoms. The molecular weight excluding hydrogens is 400 g/mol. The maximum Gasteiger partial charge on any atom is 0.338 e. The highest BCUT2D eigenvalue weighted by Gasteiger charge is 2.40. The third-order valence-electron chi connectivity index (χ3n) is 5.58. The lowest BCUT2D eigenvalue weighted by atomic mass is 9.80. The Bertz CT molecular complexity index is 902. The molecule has 0 heterocycles. The maximum atomic E-state index is 12.9. The van der Waals surface area contributed by atoms with Crippen molar-refractivity contribution >= 4 is 17.6 Å². The van der Waals surface area contributed by atoms with Crippen LogP contribution in [0.1, 0.15) is 49.5 Å². The summed E-state index contributed by atoms with van der Waals surface area (Å²) in [6.07, 6.45) is 3.19. The van der Waals surface area contributed by atoms with Crippen LogP contribution in [0.2, 0.25) is 5.02 Å². The summed E-state index contributed by atoms with van der Waals surface area (Å²) < 4.78 is 17.5. The highest BCUT2D eigenvalue weighted by atomic mass is 35.5. The van der Waals surface area contributed by atoms with Gasteiger partial charge >= 0.3 is 5.97 Å². The van der Waals surface area contributed by atoms with Crippen LogP contribution < -0.4 is 4.74 Å². The number of hydrogen-bond donors (Lipinski definition) is 0. The van der Waals surface area contributed by atoms with Crippen molar-refractivity contribution in [3.8, 4) is 5.75 Å². The van der Waals surface area contributed by atoms with E-state index in [0.717, 1.165) is 24.2 Å². The number of carbonyl (C=O) groups excluding carboxylic acids is 1. The Morgan fingerprint density at radius 1 is 1.17 bits per heavy atom. The van der Waals surface area contributed by atoms with E-state index < -0.39 is 6.10 Å². The Labute approximate surface area is 183 Å². The highest BCUT2D eigenvalue weighted by molar-refractivity contribution is 6.30. The minimum Gasteiger partial charge on any atom is -0.497 e. The van der Waals surface area contributed by atoms with Gasteiger partial charge in [-0.2, -0.15) is 0 Å². The van der Waals surface area contributed by atoms with E-state index in [9.17, 15) is 4.79 Å². The van der Waals surface area contributed by atoms with E-state index in [1.807, 2.05) is 24.3 Å².